The lowest BCUT2D eigenvalue weighted by atomic mass is 10.2. The summed E-state index contributed by atoms with van der Waals surface area (Å²) in [6.07, 6.45) is 0. The molecule has 1 aliphatic rings. The van der Waals surface area contributed by atoms with E-state index in [2.05, 4.69) is 33.7 Å². The third-order valence-electron chi connectivity index (χ3n) is 2.77. The van der Waals surface area contributed by atoms with Crippen molar-refractivity contribution in [1.29, 1.82) is 0 Å². The van der Waals surface area contributed by atoms with E-state index < -0.39 is 11.9 Å². The van der Waals surface area contributed by atoms with E-state index >= 15 is 0 Å². The molecule has 7 heteroatoms. The van der Waals surface area contributed by atoms with E-state index in [1.165, 1.54) is 31.7 Å². The molecule has 1 aromatic rings. The van der Waals surface area contributed by atoms with Crippen LogP contribution in [-0.4, -0.2) is 65.2 Å². The lowest BCUT2D eigenvalue weighted by molar-refractivity contribution is -0.159. The Hall–Kier alpha value is -1.44. The summed E-state index contributed by atoms with van der Waals surface area (Å²) in [5, 5.41) is 19.2. The fraction of sp³-hybridized carbons (Fsp3) is 0.500. The van der Waals surface area contributed by atoms with Crippen molar-refractivity contribution < 1.29 is 19.8 Å². The van der Waals surface area contributed by atoms with Crippen LogP contribution in [0.15, 0.2) is 16.8 Å². The van der Waals surface area contributed by atoms with E-state index in [1.54, 1.807) is 11.3 Å². The van der Waals surface area contributed by atoms with Crippen molar-refractivity contribution >= 4 is 23.3 Å². The fourth-order valence-electron chi connectivity index (χ4n) is 1.65. The van der Waals surface area contributed by atoms with Gasteiger partial charge in [0.2, 0.25) is 0 Å². The maximum Gasteiger partial charge on any atom is 0.414 e. The molecule has 0 radical (unpaired) electrons. The average molecular weight is 286 g/mol. The molecule has 1 aliphatic heterocycles. The number of piperazine rings is 1. The highest BCUT2D eigenvalue weighted by Gasteiger charge is 2.13. The summed E-state index contributed by atoms with van der Waals surface area (Å²) in [4.78, 5) is 23.1. The molecule has 6 nitrogen and oxygen atoms in total. The van der Waals surface area contributed by atoms with Crippen LogP contribution in [0.2, 0.25) is 0 Å². The molecule has 0 amide bonds. The van der Waals surface area contributed by atoms with Gasteiger partial charge in [0, 0.05) is 32.7 Å². The first-order valence-electron chi connectivity index (χ1n) is 5.87. The number of carboxylic acids is 2. The van der Waals surface area contributed by atoms with Crippen LogP contribution >= 0.6 is 11.3 Å². The number of carboxylic acid groups (broad SMARTS) is 2. The smallest absolute Gasteiger partial charge is 0.414 e. The van der Waals surface area contributed by atoms with Crippen molar-refractivity contribution in [3.8, 4) is 0 Å². The van der Waals surface area contributed by atoms with Gasteiger partial charge in [-0.15, -0.1) is 0 Å². The molecule has 0 spiro atoms. The summed E-state index contributed by atoms with van der Waals surface area (Å²) in [5.74, 6) is -3.65. The highest BCUT2D eigenvalue weighted by atomic mass is 32.1. The number of likely N-dealkylation sites (N-methyl/N-ethyl adjacent to an activating group) is 1. The molecule has 2 N–H and O–H groups in total. The number of rotatable bonds is 2. The molecule has 1 fully saturated rings. The maximum absolute atomic E-state index is 9.10. The summed E-state index contributed by atoms with van der Waals surface area (Å²) in [5.41, 5.74) is 1.47. The van der Waals surface area contributed by atoms with Gasteiger partial charge in [0.05, 0.1) is 0 Å². The molecule has 1 saturated heterocycles. The molecule has 19 heavy (non-hydrogen) atoms. The Labute approximate surface area is 115 Å². The SMILES string of the molecule is CN1CCN(Cc2ccsc2)CC1.O=C(O)C(=O)O. The van der Waals surface area contributed by atoms with E-state index in [0.717, 1.165) is 6.54 Å². The van der Waals surface area contributed by atoms with Crippen LogP contribution < -0.4 is 0 Å². The highest BCUT2D eigenvalue weighted by Crippen LogP contribution is 2.10. The lowest BCUT2D eigenvalue weighted by Crippen LogP contribution is -2.43. The quantitative estimate of drug-likeness (QED) is 0.777. The molecule has 2 heterocycles. The Bertz CT molecular complexity index is 388. The van der Waals surface area contributed by atoms with E-state index in [1.807, 2.05) is 0 Å². The topological polar surface area (TPSA) is 81.1 Å². The van der Waals surface area contributed by atoms with Gasteiger partial charge in [-0.1, -0.05) is 0 Å². The predicted octanol–water partition coefficient (Wildman–Crippen LogP) is 0.651. The van der Waals surface area contributed by atoms with Gasteiger partial charge in [-0.05, 0) is 29.4 Å². The van der Waals surface area contributed by atoms with Crippen molar-refractivity contribution in [2.24, 2.45) is 0 Å². The Morgan fingerprint density at radius 1 is 1.21 bits per heavy atom. The second-order valence-electron chi connectivity index (χ2n) is 4.32. The lowest BCUT2D eigenvalue weighted by Gasteiger charge is -2.32. The van der Waals surface area contributed by atoms with Crippen LogP contribution in [0.5, 0.6) is 0 Å². The van der Waals surface area contributed by atoms with Crippen LogP contribution in [0.25, 0.3) is 0 Å². The molecule has 0 saturated carbocycles. The Morgan fingerprint density at radius 2 is 1.79 bits per heavy atom. The van der Waals surface area contributed by atoms with Gasteiger partial charge in [-0.2, -0.15) is 11.3 Å². The number of thiophene rings is 1. The van der Waals surface area contributed by atoms with Gasteiger partial charge in [0.1, 0.15) is 0 Å². The van der Waals surface area contributed by atoms with E-state index in [-0.39, 0.29) is 0 Å². The minimum atomic E-state index is -1.82. The second kappa shape index (κ2) is 7.88. The fourth-order valence-corrected chi connectivity index (χ4v) is 2.31. The minimum absolute atomic E-state index is 1.14. The summed E-state index contributed by atoms with van der Waals surface area (Å²) in [6, 6.07) is 2.23. The molecular weight excluding hydrogens is 268 g/mol. The number of carbonyl (C=O) groups is 2. The second-order valence-corrected chi connectivity index (χ2v) is 5.10. The van der Waals surface area contributed by atoms with Gasteiger partial charge in [-0.3, -0.25) is 4.90 Å². The zero-order valence-corrected chi connectivity index (χ0v) is 11.6. The Kier molecular flexibility index (Phi) is 6.48. The first-order chi connectivity index (χ1) is 8.99. The normalized spacial score (nSPS) is 16.5. The van der Waals surface area contributed by atoms with Gasteiger partial charge >= 0.3 is 11.9 Å². The van der Waals surface area contributed by atoms with Crippen LogP contribution in [0.4, 0.5) is 0 Å². The highest BCUT2D eigenvalue weighted by molar-refractivity contribution is 7.07. The van der Waals surface area contributed by atoms with Gasteiger partial charge in [-0.25, -0.2) is 9.59 Å². The van der Waals surface area contributed by atoms with Crippen molar-refractivity contribution in [2.45, 2.75) is 6.54 Å². The van der Waals surface area contributed by atoms with E-state index in [0.29, 0.717) is 0 Å². The molecule has 0 aliphatic carbocycles. The Morgan fingerprint density at radius 3 is 2.21 bits per heavy atom. The number of aliphatic carboxylic acids is 2. The van der Waals surface area contributed by atoms with Gasteiger partial charge in [0.25, 0.3) is 0 Å². The standard InChI is InChI=1S/C10H16N2S.C2H2O4/c1-11-3-5-12(6-4-11)8-10-2-7-13-9-10;3-1(4)2(5)6/h2,7,9H,3-6,8H2,1H3;(H,3,4)(H,5,6). The minimum Gasteiger partial charge on any atom is -0.473 e. The van der Waals surface area contributed by atoms with Crippen molar-refractivity contribution in [3.05, 3.63) is 22.4 Å². The van der Waals surface area contributed by atoms with Crippen molar-refractivity contribution in [1.82, 2.24) is 9.80 Å². The molecule has 106 valence electrons. The van der Waals surface area contributed by atoms with Crippen LogP contribution in [-0.2, 0) is 16.1 Å². The average Bonchev–Trinajstić information content (AvgIpc) is 2.85. The molecule has 0 aromatic carbocycles. The number of nitrogens with zero attached hydrogens (tertiary/aromatic N) is 2. The summed E-state index contributed by atoms with van der Waals surface area (Å²) in [7, 11) is 2.20. The predicted molar refractivity (Wildman–Crippen MR) is 72.4 cm³/mol. The van der Waals surface area contributed by atoms with Gasteiger partial charge in [0.15, 0.2) is 0 Å². The van der Waals surface area contributed by atoms with Crippen LogP contribution in [0.1, 0.15) is 5.56 Å². The molecule has 0 atom stereocenters. The van der Waals surface area contributed by atoms with Crippen LogP contribution in [0, 0.1) is 0 Å². The number of hydrogen-bond donors (Lipinski definition) is 2. The molecule has 0 bridgehead atoms. The monoisotopic (exact) mass is 286 g/mol. The zero-order chi connectivity index (χ0) is 14.3. The van der Waals surface area contributed by atoms with Crippen molar-refractivity contribution in [3.63, 3.8) is 0 Å². The first kappa shape index (κ1) is 15.6. The molecule has 2 rings (SSSR count). The van der Waals surface area contributed by atoms with Crippen molar-refractivity contribution in [2.75, 3.05) is 33.2 Å². The number of hydrogen-bond acceptors (Lipinski definition) is 5. The third kappa shape index (κ3) is 6.32. The molecule has 0 unspecified atom stereocenters. The van der Waals surface area contributed by atoms with Gasteiger partial charge < -0.3 is 15.1 Å². The summed E-state index contributed by atoms with van der Waals surface area (Å²) in [6.45, 7) is 5.99. The van der Waals surface area contributed by atoms with Crippen LogP contribution in [0.3, 0.4) is 0 Å². The zero-order valence-electron chi connectivity index (χ0n) is 10.8. The summed E-state index contributed by atoms with van der Waals surface area (Å²) >= 11 is 1.79. The Balaban J connectivity index is 0.000000258. The first-order valence-corrected chi connectivity index (χ1v) is 6.81. The molecule has 1 aromatic heterocycles. The van der Waals surface area contributed by atoms with E-state index in [9.17, 15) is 0 Å². The summed E-state index contributed by atoms with van der Waals surface area (Å²) < 4.78 is 0. The molecular formula is C12H18N2O4S. The van der Waals surface area contributed by atoms with E-state index in [4.69, 9.17) is 19.8 Å². The maximum atomic E-state index is 9.10. The third-order valence-corrected chi connectivity index (χ3v) is 3.50. The largest absolute Gasteiger partial charge is 0.473 e.